The van der Waals surface area contributed by atoms with Crippen molar-refractivity contribution < 1.29 is 43.1 Å². The lowest BCUT2D eigenvalue weighted by atomic mass is 10.0. The van der Waals surface area contributed by atoms with Gasteiger partial charge in [0.25, 0.3) is 5.91 Å². The van der Waals surface area contributed by atoms with E-state index in [1.165, 1.54) is 0 Å². The number of hydrogen-bond donors (Lipinski definition) is 1. The van der Waals surface area contributed by atoms with Gasteiger partial charge in [0.2, 0.25) is 0 Å². The maximum Gasteiger partial charge on any atom is 0.262 e. The van der Waals surface area contributed by atoms with Gasteiger partial charge < -0.3 is 14.4 Å². The molecule has 1 N–H and O–H groups in total. The Kier molecular flexibility index (Phi) is 8.44. The molecule has 35 heavy (non-hydrogen) atoms. The van der Waals surface area contributed by atoms with Gasteiger partial charge in [-0.25, -0.2) is 0 Å². The summed E-state index contributed by atoms with van der Waals surface area (Å²) in [5.74, 6) is 1.34. The molecule has 1 amide bonds. The van der Waals surface area contributed by atoms with Gasteiger partial charge in [0, 0.05) is 17.3 Å². The van der Waals surface area contributed by atoms with E-state index in [1.807, 2.05) is 61.5 Å². The quantitative estimate of drug-likeness (QED) is 0.529. The number of anilines is 2. The van der Waals surface area contributed by atoms with Crippen molar-refractivity contribution in [2.45, 2.75) is 19.6 Å². The minimum absolute atomic E-state index is 0.0241. The number of hydrogen-bond acceptors (Lipinski definition) is 8. The summed E-state index contributed by atoms with van der Waals surface area (Å²) in [6.45, 7) is 2.64. The number of carbonyl (C=O) groups is 1. The molecule has 1 unspecified atom stereocenters. The van der Waals surface area contributed by atoms with Crippen molar-refractivity contribution in [1.29, 1.82) is 0 Å². The molecule has 0 bridgehead atoms. The van der Waals surface area contributed by atoms with Gasteiger partial charge in [0.05, 0.1) is 40.4 Å². The molecule has 186 valence electrons. The fraction of sp³-hybridized carbons (Fsp3) is 0.208. The van der Waals surface area contributed by atoms with Gasteiger partial charge in [-0.15, -0.1) is 0 Å². The van der Waals surface area contributed by atoms with Crippen LogP contribution in [0.4, 0.5) is 11.4 Å². The number of rotatable bonds is 5. The molecule has 0 saturated carbocycles. The third kappa shape index (κ3) is 6.55. The van der Waals surface area contributed by atoms with Crippen molar-refractivity contribution in [2.75, 3.05) is 24.0 Å². The largest absolute Gasteiger partial charge is 0.493 e. The van der Waals surface area contributed by atoms with Crippen LogP contribution < -0.4 is 33.3 Å². The van der Waals surface area contributed by atoms with Crippen molar-refractivity contribution in [2.24, 2.45) is 0 Å². The number of halogens is 2. The van der Waals surface area contributed by atoms with Crippen LogP contribution in [-0.2, 0) is 6.54 Å². The van der Waals surface area contributed by atoms with Crippen LogP contribution >= 0.6 is 11.6 Å². The van der Waals surface area contributed by atoms with Crippen LogP contribution in [0.15, 0.2) is 66.7 Å². The molecular formula is C24H24Cl2N2O7. The fourth-order valence-corrected chi connectivity index (χ4v) is 4.00. The van der Waals surface area contributed by atoms with E-state index < -0.39 is 10.2 Å². The summed E-state index contributed by atoms with van der Waals surface area (Å²) in [4.78, 5) is 17.3. The molecule has 11 heteroatoms. The Bertz CT molecular complexity index is 1160. The zero-order valence-corrected chi connectivity index (χ0v) is 20.7. The lowest BCUT2D eigenvalue weighted by Crippen LogP contribution is -2.58. The second-order valence-corrected chi connectivity index (χ2v) is 8.74. The Hall–Kier alpha value is -3.05. The minimum atomic E-state index is -4.69. The first kappa shape index (κ1) is 26.6. The van der Waals surface area contributed by atoms with E-state index in [0.29, 0.717) is 28.6 Å². The third-order valence-corrected chi connectivity index (χ3v) is 5.65. The summed E-state index contributed by atoms with van der Waals surface area (Å²) in [6.07, 6.45) is -0.193. The molecule has 0 fully saturated rings. The van der Waals surface area contributed by atoms with Gasteiger partial charge in [0.15, 0.2) is 11.5 Å². The molecule has 1 aliphatic rings. The molecular weight excluding hydrogens is 499 g/mol. The lowest BCUT2D eigenvalue weighted by molar-refractivity contribution is -1.92. The summed E-state index contributed by atoms with van der Waals surface area (Å²) in [5, 5.41) is 0.637. The number of para-hydroxylation sites is 1. The van der Waals surface area contributed by atoms with Crippen LogP contribution in [0.5, 0.6) is 11.5 Å². The molecule has 3 aromatic carbocycles. The Morgan fingerprint density at radius 2 is 1.57 bits per heavy atom. The maximum atomic E-state index is 13.3. The van der Waals surface area contributed by atoms with E-state index in [4.69, 9.17) is 39.7 Å². The predicted molar refractivity (Wildman–Crippen MR) is 122 cm³/mol. The van der Waals surface area contributed by atoms with Crippen LogP contribution in [0.2, 0.25) is 5.02 Å². The number of ether oxygens (including phenoxy) is 2. The Morgan fingerprint density at radius 3 is 2.17 bits per heavy atom. The topological polar surface area (TPSA) is 131 Å². The smallest absolute Gasteiger partial charge is 0.262 e. The molecule has 3 aromatic rings. The first-order chi connectivity index (χ1) is 16.5. The molecule has 4 rings (SSSR count). The van der Waals surface area contributed by atoms with Crippen molar-refractivity contribution in [3.05, 3.63) is 82.9 Å². The van der Waals surface area contributed by atoms with Crippen LogP contribution in [0, 0.1) is 10.2 Å². The molecule has 1 heterocycles. The van der Waals surface area contributed by atoms with Crippen LogP contribution in [-0.4, -0.2) is 31.0 Å². The molecule has 0 radical (unpaired) electrons. The van der Waals surface area contributed by atoms with Gasteiger partial charge in [-0.3, -0.25) is 9.69 Å². The second-order valence-electron chi connectivity index (χ2n) is 7.51. The number of nitrogens with zero attached hydrogens (tertiary/aromatic N) is 2. The Labute approximate surface area is 210 Å². The highest BCUT2D eigenvalue weighted by molar-refractivity contribution is 6.30. The molecule has 1 aliphatic heterocycles. The molecule has 0 saturated heterocycles. The molecule has 0 aromatic heterocycles. The monoisotopic (exact) mass is 522 g/mol. The zero-order chi connectivity index (χ0) is 25.8. The van der Waals surface area contributed by atoms with E-state index in [2.05, 4.69) is 4.90 Å². The van der Waals surface area contributed by atoms with Gasteiger partial charge in [-0.2, -0.15) is 14.0 Å². The molecule has 9 nitrogen and oxygen atoms in total. The average Bonchev–Trinajstić information content (AvgIpc) is 2.82. The highest BCUT2D eigenvalue weighted by Crippen LogP contribution is 2.36. The van der Waals surface area contributed by atoms with Gasteiger partial charge >= 0.3 is 0 Å². The normalized spacial score (nSPS) is 15.2. The fourth-order valence-electron chi connectivity index (χ4n) is 3.87. The Morgan fingerprint density at radius 1 is 0.971 bits per heavy atom. The maximum absolute atomic E-state index is 13.3. The summed E-state index contributed by atoms with van der Waals surface area (Å²) in [6, 6.07) is 20.9. The van der Waals surface area contributed by atoms with Crippen molar-refractivity contribution >= 4 is 28.9 Å². The lowest BCUT2D eigenvalue weighted by Gasteiger charge is -2.44. The van der Waals surface area contributed by atoms with E-state index >= 15 is 0 Å². The number of methoxy groups -OCH3 is 2. The number of amides is 1. The van der Waals surface area contributed by atoms with Crippen LogP contribution in [0.25, 0.3) is 0 Å². The summed E-state index contributed by atoms with van der Waals surface area (Å²) in [7, 11) is -1.45. The van der Waals surface area contributed by atoms with Gasteiger partial charge in [-0.05, 0) is 61.0 Å². The first-order valence-electron chi connectivity index (χ1n) is 10.3. The first-order valence-corrected chi connectivity index (χ1v) is 12.0. The number of carbonyl (C=O) groups excluding carboxylic acids is 1. The molecule has 0 spiro atoms. The van der Waals surface area contributed by atoms with Crippen LogP contribution in [0.3, 0.4) is 0 Å². The van der Waals surface area contributed by atoms with E-state index in [-0.39, 0.29) is 12.1 Å². The summed E-state index contributed by atoms with van der Waals surface area (Å²) < 4.78 is 43.5. The van der Waals surface area contributed by atoms with Crippen molar-refractivity contribution in [3.63, 3.8) is 0 Å². The Balaban J connectivity index is 0.000000623. The minimum Gasteiger partial charge on any atom is -0.493 e. The van der Waals surface area contributed by atoms with E-state index in [1.54, 1.807) is 31.3 Å². The van der Waals surface area contributed by atoms with E-state index in [0.717, 1.165) is 16.9 Å². The third-order valence-electron chi connectivity index (χ3n) is 5.39. The van der Waals surface area contributed by atoms with E-state index in [9.17, 15) is 4.79 Å². The predicted octanol–water partition coefficient (Wildman–Crippen LogP) is 1.25. The zero-order valence-electron chi connectivity index (χ0n) is 19.2. The van der Waals surface area contributed by atoms with Crippen LogP contribution in [0.1, 0.15) is 22.8 Å². The molecule has 1 atom stereocenters. The summed E-state index contributed by atoms with van der Waals surface area (Å²) in [5.41, 5.74) is 3.45. The standard InChI is InChI=1S/C24H23ClN2O3.ClHO4/c1-16-26(15-17-8-13-22(29-2)23(14-17)30-3)21-7-5-4-6-20(21)24(28)27(16)19-11-9-18(25)10-12-19;2-1(3,4)5/h4-14,16H,15H2,1-3H3;(H,2,3,4,5). The van der Waals surface area contributed by atoms with Crippen molar-refractivity contribution in [3.8, 4) is 11.5 Å². The van der Waals surface area contributed by atoms with Gasteiger partial charge in [0.1, 0.15) is 6.17 Å². The number of benzene rings is 3. The summed E-state index contributed by atoms with van der Waals surface area (Å²) >= 11 is 6.06. The SMILES string of the molecule is COc1ccc(CN2c3ccccc3C(=O)N(c3ccc(Cl)cc3)C2C)cc1OC.[O-][Cl+3]([O-])([O-])O. The van der Waals surface area contributed by atoms with Crippen molar-refractivity contribution in [1.82, 2.24) is 0 Å². The highest BCUT2D eigenvalue weighted by atomic mass is 35.7. The molecule has 0 aliphatic carbocycles. The number of fused-ring (bicyclic) bond motifs is 1. The highest BCUT2D eigenvalue weighted by Gasteiger charge is 2.35. The average molecular weight is 523 g/mol. The van der Waals surface area contributed by atoms with Gasteiger partial charge in [-0.1, -0.05) is 29.8 Å². The second kappa shape index (κ2) is 11.1.